The monoisotopic (exact) mass is 308 g/mol. The van der Waals surface area contributed by atoms with Crippen LogP contribution in [0.15, 0.2) is 18.2 Å². The van der Waals surface area contributed by atoms with Gasteiger partial charge in [-0.1, -0.05) is 0 Å². The molecule has 2 N–H and O–H groups in total. The minimum atomic E-state index is -0.925. The van der Waals surface area contributed by atoms with Gasteiger partial charge in [0.05, 0.1) is 26.8 Å². The van der Waals surface area contributed by atoms with E-state index in [2.05, 4.69) is 5.32 Å². The van der Waals surface area contributed by atoms with Crippen molar-refractivity contribution in [1.82, 2.24) is 4.90 Å². The molecule has 0 aromatic heterocycles. The molecule has 1 aromatic carbocycles. The molecule has 1 atom stereocenters. The van der Waals surface area contributed by atoms with E-state index in [0.717, 1.165) is 6.42 Å². The van der Waals surface area contributed by atoms with Gasteiger partial charge in [0.1, 0.15) is 0 Å². The average molecular weight is 308 g/mol. The largest absolute Gasteiger partial charge is 0.493 e. The normalized spacial score (nSPS) is 18.0. The first-order valence-electron chi connectivity index (χ1n) is 7.04. The lowest BCUT2D eigenvalue weighted by Crippen LogP contribution is -2.42. The summed E-state index contributed by atoms with van der Waals surface area (Å²) in [6.07, 6.45) is 1.48. The van der Waals surface area contributed by atoms with Gasteiger partial charge in [-0.05, 0) is 31.5 Å². The van der Waals surface area contributed by atoms with Crippen LogP contribution in [0.1, 0.15) is 12.8 Å². The summed E-state index contributed by atoms with van der Waals surface area (Å²) in [6.45, 7) is 0.500. The van der Waals surface area contributed by atoms with Crippen molar-refractivity contribution in [3.8, 4) is 11.5 Å². The molecule has 1 amide bonds. The fraction of sp³-hybridized carbons (Fsp3) is 0.467. The van der Waals surface area contributed by atoms with Crippen LogP contribution >= 0.6 is 0 Å². The molecule has 1 heterocycles. The zero-order chi connectivity index (χ0) is 16.1. The number of nitrogens with zero attached hydrogens (tertiary/aromatic N) is 1. The lowest BCUT2D eigenvalue weighted by Gasteiger charge is -2.21. The van der Waals surface area contributed by atoms with Crippen molar-refractivity contribution in [2.45, 2.75) is 18.9 Å². The number of hydrogen-bond acceptors (Lipinski definition) is 5. The van der Waals surface area contributed by atoms with Gasteiger partial charge in [-0.2, -0.15) is 0 Å². The van der Waals surface area contributed by atoms with E-state index < -0.39 is 12.0 Å². The molecule has 1 saturated heterocycles. The van der Waals surface area contributed by atoms with Crippen LogP contribution in [0.5, 0.6) is 11.5 Å². The molecule has 1 aliphatic rings. The summed E-state index contributed by atoms with van der Waals surface area (Å²) in [5.41, 5.74) is 0.588. The standard InChI is InChI=1S/C15H20N2O5/c1-21-12-6-5-10(8-13(12)22-2)16-15(20)11-4-3-7-17(11)9-14(18)19/h5-6,8,11H,3-4,7,9H2,1-2H3,(H,16,20)(H,18,19). The highest BCUT2D eigenvalue weighted by Gasteiger charge is 2.31. The van der Waals surface area contributed by atoms with Gasteiger partial charge < -0.3 is 19.9 Å². The molecule has 1 fully saturated rings. The topological polar surface area (TPSA) is 88.1 Å². The summed E-state index contributed by atoms with van der Waals surface area (Å²) < 4.78 is 10.3. The van der Waals surface area contributed by atoms with Crippen molar-refractivity contribution >= 4 is 17.6 Å². The predicted octanol–water partition coefficient (Wildman–Crippen LogP) is 1.19. The molecule has 0 bridgehead atoms. The molecule has 22 heavy (non-hydrogen) atoms. The van der Waals surface area contributed by atoms with Crippen molar-refractivity contribution in [1.29, 1.82) is 0 Å². The predicted molar refractivity (Wildman–Crippen MR) is 80.4 cm³/mol. The Morgan fingerprint density at radius 2 is 2.05 bits per heavy atom. The number of carbonyl (C=O) groups is 2. The molecular formula is C15H20N2O5. The molecule has 0 spiro atoms. The van der Waals surface area contributed by atoms with Gasteiger partial charge in [0.2, 0.25) is 5.91 Å². The molecule has 7 nitrogen and oxygen atoms in total. The number of carbonyl (C=O) groups excluding carboxylic acids is 1. The van der Waals surface area contributed by atoms with E-state index in [1.807, 2.05) is 0 Å². The number of carboxylic acid groups (broad SMARTS) is 1. The fourth-order valence-corrected chi connectivity index (χ4v) is 2.63. The van der Waals surface area contributed by atoms with Gasteiger partial charge in [0.25, 0.3) is 0 Å². The molecule has 0 saturated carbocycles. The van der Waals surface area contributed by atoms with E-state index in [4.69, 9.17) is 14.6 Å². The van der Waals surface area contributed by atoms with E-state index in [9.17, 15) is 9.59 Å². The maximum Gasteiger partial charge on any atom is 0.317 e. The summed E-state index contributed by atoms with van der Waals surface area (Å²) in [5.74, 6) is -0.0280. The molecule has 2 rings (SSSR count). The summed E-state index contributed by atoms with van der Waals surface area (Å²) in [5, 5.41) is 11.7. The number of amides is 1. The Bertz CT molecular complexity index is 561. The van der Waals surface area contributed by atoms with Gasteiger partial charge in [0, 0.05) is 11.8 Å². The van der Waals surface area contributed by atoms with E-state index in [1.54, 1.807) is 30.2 Å². The van der Waals surface area contributed by atoms with Gasteiger partial charge in [-0.3, -0.25) is 14.5 Å². The molecule has 0 aliphatic carbocycles. The third kappa shape index (κ3) is 3.67. The number of likely N-dealkylation sites (tertiary alicyclic amines) is 1. The van der Waals surface area contributed by atoms with Gasteiger partial charge in [-0.25, -0.2) is 0 Å². The van der Waals surface area contributed by atoms with Crippen molar-refractivity contribution in [3.05, 3.63) is 18.2 Å². The SMILES string of the molecule is COc1ccc(NC(=O)C2CCCN2CC(=O)O)cc1OC. The van der Waals surface area contributed by atoms with E-state index in [-0.39, 0.29) is 12.5 Å². The van der Waals surface area contributed by atoms with Crippen LogP contribution in [0.25, 0.3) is 0 Å². The summed E-state index contributed by atoms with van der Waals surface area (Å²) in [6, 6.07) is 4.69. The van der Waals surface area contributed by atoms with Crippen molar-refractivity contribution in [2.75, 3.05) is 32.6 Å². The van der Waals surface area contributed by atoms with Gasteiger partial charge >= 0.3 is 5.97 Å². The number of nitrogens with one attached hydrogen (secondary N) is 1. The van der Waals surface area contributed by atoms with Crippen LogP contribution in [-0.4, -0.2) is 55.2 Å². The molecule has 1 unspecified atom stereocenters. The van der Waals surface area contributed by atoms with Crippen LogP contribution < -0.4 is 14.8 Å². The fourth-order valence-electron chi connectivity index (χ4n) is 2.63. The number of hydrogen-bond donors (Lipinski definition) is 2. The van der Waals surface area contributed by atoms with E-state index in [0.29, 0.717) is 30.2 Å². The average Bonchev–Trinajstić information content (AvgIpc) is 2.94. The van der Waals surface area contributed by atoms with Crippen LogP contribution in [-0.2, 0) is 9.59 Å². The maximum atomic E-state index is 12.3. The molecule has 1 aliphatic heterocycles. The van der Waals surface area contributed by atoms with Gasteiger partial charge in [0.15, 0.2) is 11.5 Å². The van der Waals surface area contributed by atoms with E-state index >= 15 is 0 Å². The second-order valence-corrected chi connectivity index (χ2v) is 5.08. The minimum absolute atomic E-state index is 0.121. The Labute approximate surface area is 128 Å². The number of ether oxygens (including phenoxy) is 2. The van der Waals surface area contributed by atoms with Crippen molar-refractivity contribution < 1.29 is 24.2 Å². The third-order valence-corrected chi connectivity index (χ3v) is 3.66. The number of aliphatic carboxylic acids is 1. The number of methoxy groups -OCH3 is 2. The second kappa shape index (κ2) is 7.13. The molecule has 1 aromatic rings. The van der Waals surface area contributed by atoms with Crippen molar-refractivity contribution in [3.63, 3.8) is 0 Å². The Morgan fingerprint density at radius 3 is 2.68 bits per heavy atom. The number of anilines is 1. The maximum absolute atomic E-state index is 12.3. The van der Waals surface area contributed by atoms with Crippen LogP contribution in [0, 0.1) is 0 Å². The third-order valence-electron chi connectivity index (χ3n) is 3.66. The Kier molecular flexibility index (Phi) is 5.21. The quantitative estimate of drug-likeness (QED) is 0.821. The molecular weight excluding hydrogens is 288 g/mol. The lowest BCUT2D eigenvalue weighted by atomic mass is 10.2. The Hall–Kier alpha value is -2.28. The van der Waals surface area contributed by atoms with Crippen LogP contribution in [0.3, 0.4) is 0 Å². The molecule has 0 radical (unpaired) electrons. The first kappa shape index (κ1) is 16.1. The number of carboxylic acids is 1. The Balaban J connectivity index is 2.06. The number of rotatable bonds is 6. The summed E-state index contributed by atoms with van der Waals surface area (Å²) in [7, 11) is 3.06. The highest BCUT2D eigenvalue weighted by atomic mass is 16.5. The second-order valence-electron chi connectivity index (χ2n) is 5.08. The van der Waals surface area contributed by atoms with Crippen LogP contribution in [0.2, 0.25) is 0 Å². The summed E-state index contributed by atoms with van der Waals surface area (Å²) in [4.78, 5) is 24.9. The highest BCUT2D eigenvalue weighted by molar-refractivity contribution is 5.95. The Morgan fingerprint density at radius 1 is 1.32 bits per heavy atom. The number of benzene rings is 1. The highest BCUT2D eigenvalue weighted by Crippen LogP contribution is 2.30. The minimum Gasteiger partial charge on any atom is -0.493 e. The molecule has 120 valence electrons. The smallest absolute Gasteiger partial charge is 0.317 e. The van der Waals surface area contributed by atoms with Crippen LogP contribution in [0.4, 0.5) is 5.69 Å². The van der Waals surface area contributed by atoms with Crippen molar-refractivity contribution in [2.24, 2.45) is 0 Å². The zero-order valence-corrected chi connectivity index (χ0v) is 12.7. The molecule has 7 heteroatoms. The van der Waals surface area contributed by atoms with Gasteiger partial charge in [-0.15, -0.1) is 0 Å². The summed E-state index contributed by atoms with van der Waals surface area (Å²) >= 11 is 0. The zero-order valence-electron chi connectivity index (χ0n) is 12.7. The first-order valence-corrected chi connectivity index (χ1v) is 7.04. The first-order chi connectivity index (χ1) is 10.5. The van der Waals surface area contributed by atoms with E-state index in [1.165, 1.54) is 7.11 Å². The lowest BCUT2D eigenvalue weighted by molar-refractivity contribution is -0.139.